The molecule has 1 N–H and O–H groups in total. The smallest absolute Gasteiger partial charge is 0.260 e. The summed E-state index contributed by atoms with van der Waals surface area (Å²) >= 11 is 12.1. The van der Waals surface area contributed by atoms with Crippen molar-refractivity contribution in [2.45, 2.75) is 5.88 Å². The summed E-state index contributed by atoms with van der Waals surface area (Å²) in [5, 5.41) is 3.89. The number of thiazole rings is 1. The van der Waals surface area contributed by atoms with Crippen molar-refractivity contribution in [3.63, 3.8) is 0 Å². The van der Waals surface area contributed by atoms with Crippen LogP contribution in [-0.4, -0.2) is 10.9 Å². The second-order valence-electron chi connectivity index (χ2n) is 3.48. The van der Waals surface area contributed by atoms with E-state index < -0.39 is 23.1 Å². The van der Waals surface area contributed by atoms with E-state index in [1.165, 1.54) is 0 Å². The molecule has 0 aliphatic heterocycles. The lowest BCUT2D eigenvalue weighted by atomic mass is 10.2. The Bertz CT molecular complexity index is 633. The van der Waals surface area contributed by atoms with Gasteiger partial charge in [0.05, 0.1) is 22.2 Å². The van der Waals surface area contributed by atoms with Gasteiger partial charge in [-0.05, 0) is 12.1 Å². The summed E-state index contributed by atoms with van der Waals surface area (Å²) < 4.78 is 26.7. The van der Waals surface area contributed by atoms with E-state index in [0.717, 1.165) is 23.5 Å². The minimum absolute atomic E-state index is 0.205. The summed E-state index contributed by atoms with van der Waals surface area (Å²) in [5.41, 5.74) is 0.147. The molecular formula is C11H6Cl2F2N2OS. The Morgan fingerprint density at radius 2 is 2.11 bits per heavy atom. The fourth-order valence-electron chi connectivity index (χ4n) is 1.29. The number of hydrogen-bond acceptors (Lipinski definition) is 3. The third-order valence-corrected chi connectivity index (χ3v) is 3.53. The quantitative estimate of drug-likeness (QED) is 0.683. The van der Waals surface area contributed by atoms with E-state index in [9.17, 15) is 13.6 Å². The van der Waals surface area contributed by atoms with Crippen LogP contribution in [0.3, 0.4) is 0 Å². The molecule has 19 heavy (non-hydrogen) atoms. The summed E-state index contributed by atoms with van der Waals surface area (Å²) in [6, 6.07) is 1.49. The van der Waals surface area contributed by atoms with Gasteiger partial charge in [-0.15, -0.1) is 22.9 Å². The van der Waals surface area contributed by atoms with Crippen LogP contribution in [0.2, 0.25) is 5.02 Å². The lowest BCUT2D eigenvalue weighted by Gasteiger charge is -2.04. The Kier molecular flexibility index (Phi) is 4.34. The summed E-state index contributed by atoms with van der Waals surface area (Å²) in [4.78, 5) is 15.7. The first kappa shape index (κ1) is 14.2. The molecule has 1 amide bonds. The zero-order valence-corrected chi connectivity index (χ0v) is 11.5. The number of hydrogen-bond donors (Lipinski definition) is 1. The van der Waals surface area contributed by atoms with Gasteiger partial charge in [-0.25, -0.2) is 13.8 Å². The second-order valence-corrected chi connectivity index (χ2v) is 5.01. The molecule has 100 valence electrons. The number of carbonyl (C=O) groups is 1. The first-order valence-electron chi connectivity index (χ1n) is 4.97. The average Bonchev–Trinajstić information content (AvgIpc) is 2.81. The Morgan fingerprint density at radius 3 is 2.74 bits per heavy atom. The van der Waals surface area contributed by atoms with Gasteiger partial charge in [0.25, 0.3) is 5.91 Å². The molecule has 1 heterocycles. The van der Waals surface area contributed by atoms with Crippen molar-refractivity contribution in [3.05, 3.63) is 45.4 Å². The molecule has 1 aromatic carbocycles. The van der Waals surface area contributed by atoms with E-state index in [0.29, 0.717) is 5.69 Å². The first-order valence-corrected chi connectivity index (χ1v) is 6.76. The van der Waals surface area contributed by atoms with Crippen LogP contribution in [0.15, 0.2) is 17.5 Å². The van der Waals surface area contributed by atoms with Crippen molar-refractivity contribution >= 4 is 45.6 Å². The summed E-state index contributed by atoms with van der Waals surface area (Å²) in [6.45, 7) is 0. The maximum absolute atomic E-state index is 13.5. The highest BCUT2D eigenvalue weighted by atomic mass is 35.5. The van der Waals surface area contributed by atoms with Crippen molar-refractivity contribution in [1.82, 2.24) is 4.98 Å². The van der Waals surface area contributed by atoms with E-state index >= 15 is 0 Å². The third-order valence-electron chi connectivity index (χ3n) is 2.16. The van der Waals surface area contributed by atoms with Crippen LogP contribution in [0.1, 0.15) is 16.1 Å². The summed E-state index contributed by atoms with van der Waals surface area (Å²) in [6.07, 6.45) is 0. The SMILES string of the molecule is O=C(Nc1nc(CCl)cs1)c1cc(F)c(Cl)cc1F. The topological polar surface area (TPSA) is 42.0 Å². The highest BCUT2D eigenvalue weighted by Gasteiger charge is 2.16. The van der Waals surface area contributed by atoms with Crippen LogP contribution in [0.4, 0.5) is 13.9 Å². The normalized spacial score (nSPS) is 10.5. The number of anilines is 1. The molecule has 0 saturated carbocycles. The molecule has 8 heteroatoms. The lowest BCUT2D eigenvalue weighted by Crippen LogP contribution is -2.14. The number of carbonyl (C=O) groups excluding carboxylic acids is 1. The van der Waals surface area contributed by atoms with Gasteiger partial charge >= 0.3 is 0 Å². The maximum atomic E-state index is 13.5. The van der Waals surface area contributed by atoms with Gasteiger partial charge < -0.3 is 0 Å². The molecule has 0 atom stereocenters. The molecule has 0 fully saturated rings. The molecule has 0 unspecified atom stereocenters. The predicted octanol–water partition coefficient (Wildman–Crippen LogP) is 4.07. The van der Waals surface area contributed by atoms with E-state index in [1.54, 1.807) is 5.38 Å². The van der Waals surface area contributed by atoms with Gasteiger partial charge in [0.2, 0.25) is 0 Å². The van der Waals surface area contributed by atoms with Crippen LogP contribution in [0.5, 0.6) is 0 Å². The van der Waals surface area contributed by atoms with E-state index in [2.05, 4.69) is 10.3 Å². The van der Waals surface area contributed by atoms with Crippen LogP contribution in [0, 0.1) is 11.6 Å². The number of halogens is 4. The molecule has 2 aromatic rings. The fourth-order valence-corrected chi connectivity index (χ4v) is 2.37. The first-order chi connectivity index (χ1) is 9.01. The van der Waals surface area contributed by atoms with Crippen molar-refractivity contribution < 1.29 is 13.6 Å². The van der Waals surface area contributed by atoms with Crippen LogP contribution >= 0.6 is 34.5 Å². The van der Waals surface area contributed by atoms with E-state index in [1.807, 2.05) is 0 Å². The average molecular weight is 323 g/mol. The molecule has 0 bridgehead atoms. The second kappa shape index (κ2) is 5.81. The molecule has 3 nitrogen and oxygen atoms in total. The molecule has 0 radical (unpaired) electrons. The fraction of sp³-hybridized carbons (Fsp3) is 0.0909. The van der Waals surface area contributed by atoms with Crippen molar-refractivity contribution in [2.75, 3.05) is 5.32 Å². The Hall–Kier alpha value is -1.24. The summed E-state index contributed by atoms with van der Waals surface area (Å²) in [7, 11) is 0. The molecule has 0 aliphatic rings. The van der Waals surface area contributed by atoms with Gasteiger partial charge in [0.1, 0.15) is 11.6 Å². The maximum Gasteiger partial charge on any atom is 0.260 e. The highest BCUT2D eigenvalue weighted by molar-refractivity contribution is 7.14. The van der Waals surface area contributed by atoms with E-state index in [-0.39, 0.29) is 16.0 Å². The highest BCUT2D eigenvalue weighted by Crippen LogP contribution is 2.22. The van der Waals surface area contributed by atoms with Crippen molar-refractivity contribution in [3.8, 4) is 0 Å². The van der Waals surface area contributed by atoms with Gasteiger partial charge in [0, 0.05) is 5.38 Å². The van der Waals surface area contributed by atoms with Crippen molar-refractivity contribution in [2.24, 2.45) is 0 Å². The van der Waals surface area contributed by atoms with Crippen molar-refractivity contribution in [1.29, 1.82) is 0 Å². The number of nitrogens with one attached hydrogen (secondary N) is 1. The molecular weight excluding hydrogens is 317 g/mol. The zero-order valence-electron chi connectivity index (χ0n) is 9.21. The minimum Gasteiger partial charge on any atom is -0.298 e. The molecule has 0 spiro atoms. The van der Waals surface area contributed by atoms with Gasteiger partial charge in [0.15, 0.2) is 5.13 Å². The predicted molar refractivity (Wildman–Crippen MR) is 71.0 cm³/mol. The largest absolute Gasteiger partial charge is 0.298 e. The van der Waals surface area contributed by atoms with Gasteiger partial charge in [-0.1, -0.05) is 11.6 Å². The summed E-state index contributed by atoms with van der Waals surface area (Å²) in [5.74, 6) is -2.37. The number of benzene rings is 1. The molecule has 2 rings (SSSR count). The Balaban J connectivity index is 2.22. The molecule has 0 saturated heterocycles. The minimum atomic E-state index is -0.905. The number of amides is 1. The Morgan fingerprint density at radius 1 is 1.37 bits per heavy atom. The van der Waals surface area contributed by atoms with Gasteiger partial charge in [-0.2, -0.15) is 0 Å². The van der Waals surface area contributed by atoms with Crippen LogP contribution in [-0.2, 0) is 5.88 Å². The number of alkyl halides is 1. The zero-order chi connectivity index (χ0) is 14.0. The standard InChI is InChI=1S/C11H6Cl2F2N2OS/c12-3-5-4-19-11(16-5)17-10(18)6-1-9(15)7(13)2-8(6)14/h1-2,4H,3H2,(H,16,17,18). The van der Waals surface area contributed by atoms with E-state index in [4.69, 9.17) is 23.2 Å². The monoisotopic (exact) mass is 322 g/mol. The Labute approximate surface area is 121 Å². The lowest BCUT2D eigenvalue weighted by molar-refractivity contribution is 0.102. The van der Waals surface area contributed by atoms with Crippen LogP contribution in [0.25, 0.3) is 0 Å². The number of nitrogens with zero attached hydrogens (tertiary/aromatic N) is 1. The molecule has 0 aliphatic carbocycles. The third kappa shape index (κ3) is 3.20. The number of rotatable bonds is 3. The number of aromatic nitrogens is 1. The van der Waals surface area contributed by atoms with Gasteiger partial charge in [-0.3, -0.25) is 10.1 Å². The molecule has 1 aromatic heterocycles. The van der Waals surface area contributed by atoms with Crippen LogP contribution < -0.4 is 5.32 Å².